The molecule has 0 aromatic rings. The number of hydrogen-bond acceptors (Lipinski definition) is 0. The van der Waals surface area contributed by atoms with E-state index < -0.39 is 0 Å². The Kier molecular flexibility index (Phi) is 2.67. The molecule has 0 spiro atoms. The Morgan fingerprint density at radius 1 is 0.692 bits per heavy atom. The van der Waals surface area contributed by atoms with E-state index in [4.69, 9.17) is 0 Å². The molecule has 76 valence electrons. The molecule has 0 heterocycles. The van der Waals surface area contributed by atoms with Gasteiger partial charge in [-0.25, -0.2) is 0 Å². The van der Waals surface area contributed by atoms with Crippen molar-refractivity contribution in [1.82, 2.24) is 0 Å². The smallest absolute Gasteiger partial charge is 0.0329 e. The maximum absolute atomic E-state index is 2.48. The zero-order valence-electron chi connectivity index (χ0n) is 9.42. The third kappa shape index (κ3) is 1.53. The summed E-state index contributed by atoms with van der Waals surface area (Å²) in [6, 6.07) is 0. The summed E-state index contributed by atoms with van der Waals surface area (Å²) in [7, 11) is 0. The molecular formula is C13H24. The lowest BCUT2D eigenvalue weighted by Crippen LogP contribution is -2.46. The molecule has 13 heavy (non-hydrogen) atoms. The van der Waals surface area contributed by atoms with E-state index in [1.807, 2.05) is 0 Å². The molecule has 0 radical (unpaired) electrons. The molecular weight excluding hydrogens is 156 g/mol. The molecule has 0 bridgehead atoms. The predicted octanol–water partition coefficient (Wildman–Crippen LogP) is 4.10. The minimum absolute atomic E-state index is 0.993. The van der Waals surface area contributed by atoms with Crippen LogP contribution < -0.4 is 0 Å². The van der Waals surface area contributed by atoms with Gasteiger partial charge in [0.25, 0.3) is 0 Å². The number of hydrogen-bond donors (Lipinski definition) is 0. The predicted molar refractivity (Wildman–Crippen MR) is 57.6 cm³/mol. The summed E-state index contributed by atoms with van der Waals surface area (Å²) in [5, 5.41) is 0. The Morgan fingerprint density at radius 3 is 1.77 bits per heavy atom. The molecule has 2 rings (SSSR count). The van der Waals surface area contributed by atoms with Crippen molar-refractivity contribution in [3.8, 4) is 0 Å². The first kappa shape index (κ1) is 9.55. The van der Waals surface area contributed by atoms with Gasteiger partial charge in [-0.1, -0.05) is 52.9 Å². The summed E-state index contributed by atoms with van der Waals surface area (Å²) in [5.41, 5.74) is 0. The number of rotatable bonds is 1. The van der Waals surface area contributed by atoms with Gasteiger partial charge in [-0.05, 0) is 29.6 Å². The van der Waals surface area contributed by atoms with Crippen molar-refractivity contribution in [3.05, 3.63) is 0 Å². The average molecular weight is 180 g/mol. The van der Waals surface area contributed by atoms with E-state index in [0.717, 1.165) is 29.6 Å². The second-order valence-electron chi connectivity index (χ2n) is 5.55. The van der Waals surface area contributed by atoms with E-state index in [1.54, 1.807) is 0 Å². The molecule has 2 aliphatic carbocycles. The third-order valence-corrected chi connectivity index (χ3v) is 5.07. The van der Waals surface area contributed by atoms with E-state index in [9.17, 15) is 0 Å². The van der Waals surface area contributed by atoms with E-state index in [2.05, 4.69) is 20.8 Å². The van der Waals surface area contributed by atoms with Crippen LogP contribution in [0.2, 0.25) is 0 Å². The van der Waals surface area contributed by atoms with Gasteiger partial charge >= 0.3 is 0 Å². The lowest BCUT2D eigenvalue weighted by molar-refractivity contribution is -0.0387. The van der Waals surface area contributed by atoms with E-state index in [-0.39, 0.29) is 0 Å². The van der Waals surface area contributed by atoms with Gasteiger partial charge in [-0.15, -0.1) is 0 Å². The molecule has 0 amide bonds. The van der Waals surface area contributed by atoms with Crippen LogP contribution in [0.5, 0.6) is 0 Å². The fourth-order valence-corrected chi connectivity index (χ4v) is 3.89. The van der Waals surface area contributed by atoms with Crippen LogP contribution in [0.3, 0.4) is 0 Å². The largest absolute Gasteiger partial charge is 0.0620 e. The first-order valence-corrected chi connectivity index (χ1v) is 6.22. The minimum Gasteiger partial charge on any atom is -0.0620 e. The maximum atomic E-state index is 2.48. The van der Waals surface area contributed by atoms with Crippen molar-refractivity contribution in [2.75, 3.05) is 0 Å². The summed E-state index contributed by atoms with van der Waals surface area (Å²) in [4.78, 5) is 0. The van der Waals surface area contributed by atoms with Gasteiger partial charge in [0, 0.05) is 0 Å². The minimum atomic E-state index is 0.993. The summed E-state index contributed by atoms with van der Waals surface area (Å²) in [5.74, 6) is 5.19. The molecule has 0 N–H and O–H groups in total. The molecule has 0 nitrogen and oxygen atoms in total. The van der Waals surface area contributed by atoms with Crippen LogP contribution in [0.15, 0.2) is 0 Å². The summed E-state index contributed by atoms with van der Waals surface area (Å²) >= 11 is 0. The quantitative estimate of drug-likeness (QED) is 0.570. The second kappa shape index (κ2) is 3.63. The van der Waals surface area contributed by atoms with Gasteiger partial charge in [0.15, 0.2) is 0 Å². The van der Waals surface area contributed by atoms with Crippen molar-refractivity contribution in [3.63, 3.8) is 0 Å². The van der Waals surface area contributed by atoms with E-state index in [0.29, 0.717) is 0 Å². The Bertz CT molecular complexity index is 157. The Labute approximate surface area is 83.1 Å². The van der Waals surface area contributed by atoms with Gasteiger partial charge in [-0.3, -0.25) is 0 Å². The molecule has 0 aliphatic heterocycles. The van der Waals surface area contributed by atoms with Crippen LogP contribution in [0.1, 0.15) is 52.9 Å². The van der Waals surface area contributed by atoms with E-state index in [1.165, 1.54) is 32.1 Å². The van der Waals surface area contributed by atoms with Crippen LogP contribution in [-0.2, 0) is 0 Å². The van der Waals surface area contributed by atoms with Crippen LogP contribution in [-0.4, -0.2) is 0 Å². The zero-order valence-corrected chi connectivity index (χ0v) is 9.42. The fraction of sp³-hybridized carbons (Fsp3) is 1.00. The average Bonchev–Trinajstić information content (AvgIpc) is 2.19. The summed E-state index contributed by atoms with van der Waals surface area (Å²) in [6.07, 6.45) is 7.59. The lowest BCUT2D eigenvalue weighted by Gasteiger charge is -2.52. The van der Waals surface area contributed by atoms with Crippen molar-refractivity contribution in [2.45, 2.75) is 52.9 Å². The molecule has 2 saturated carbocycles. The van der Waals surface area contributed by atoms with Gasteiger partial charge in [0.05, 0.1) is 0 Å². The molecule has 2 atom stereocenters. The molecule has 2 fully saturated rings. The molecule has 0 aromatic carbocycles. The van der Waals surface area contributed by atoms with Crippen LogP contribution in [0, 0.1) is 29.6 Å². The van der Waals surface area contributed by atoms with Crippen molar-refractivity contribution < 1.29 is 0 Å². The van der Waals surface area contributed by atoms with Crippen molar-refractivity contribution in [2.24, 2.45) is 29.6 Å². The Balaban J connectivity index is 1.92. The fourth-order valence-electron chi connectivity index (χ4n) is 3.89. The third-order valence-electron chi connectivity index (χ3n) is 5.07. The topological polar surface area (TPSA) is 0 Å². The van der Waals surface area contributed by atoms with Gasteiger partial charge < -0.3 is 0 Å². The maximum Gasteiger partial charge on any atom is -0.0329 e. The van der Waals surface area contributed by atoms with Crippen molar-refractivity contribution in [1.29, 1.82) is 0 Å². The highest BCUT2D eigenvalue weighted by Crippen LogP contribution is 2.52. The highest BCUT2D eigenvalue weighted by Gasteiger charge is 2.45. The van der Waals surface area contributed by atoms with Crippen LogP contribution in [0.4, 0.5) is 0 Å². The van der Waals surface area contributed by atoms with Crippen LogP contribution >= 0.6 is 0 Å². The van der Waals surface area contributed by atoms with Gasteiger partial charge in [0.1, 0.15) is 0 Å². The van der Waals surface area contributed by atoms with Gasteiger partial charge in [0.2, 0.25) is 0 Å². The first-order chi connectivity index (χ1) is 6.22. The van der Waals surface area contributed by atoms with Gasteiger partial charge in [-0.2, -0.15) is 0 Å². The summed E-state index contributed by atoms with van der Waals surface area (Å²) in [6.45, 7) is 7.39. The highest BCUT2D eigenvalue weighted by atomic mass is 14.5. The monoisotopic (exact) mass is 180 g/mol. The zero-order chi connectivity index (χ0) is 9.42. The van der Waals surface area contributed by atoms with Crippen molar-refractivity contribution >= 4 is 0 Å². The molecule has 2 unspecified atom stereocenters. The standard InChI is InChI=1S/C13H24/c1-9-10(2)13(11(9)3)12-7-5-4-6-8-12/h9-13H,4-8H2,1-3H3. The molecule has 0 heteroatoms. The Hall–Kier alpha value is 0. The molecule has 0 aromatic heterocycles. The summed E-state index contributed by atoms with van der Waals surface area (Å²) < 4.78 is 0. The molecule has 2 aliphatic rings. The Morgan fingerprint density at radius 2 is 1.23 bits per heavy atom. The highest BCUT2D eigenvalue weighted by molar-refractivity contribution is 4.94. The molecule has 0 saturated heterocycles. The lowest BCUT2D eigenvalue weighted by atomic mass is 9.53. The SMILES string of the molecule is CC1C(C)C(C2CCCCC2)C1C. The first-order valence-electron chi connectivity index (χ1n) is 6.22. The second-order valence-corrected chi connectivity index (χ2v) is 5.55. The van der Waals surface area contributed by atoms with E-state index >= 15 is 0 Å². The van der Waals surface area contributed by atoms with Crippen LogP contribution in [0.25, 0.3) is 0 Å². The normalized spacial score (nSPS) is 47.3.